The SMILES string of the molecule is NC(=O)CC(O)C(O)c1ccc(C=O)cc1[N+](=O)[O-]. The van der Waals surface area contributed by atoms with Crippen molar-refractivity contribution in [1.82, 2.24) is 0 Å². The lowest BCUT2D eigenvalue weighted by Gasteiger charge is -2.16. The van der Waals surface area contributed by atoms with Crippen molar-refractivity contribution >= 4 is 17.9 Å². The smallest absolute Gasteiger partial charge is 0.276 e. The molecule has 0 aliphatic heterocycles. The molecule has 8 heteroatoms. The second kappa shape index (κ2) is 6.03. The van der Waals surface area contributed by atoms with Crippen molar-refractivity contribution in [3.05, 3.63) is 39.4 Å². The molecule has 0 bridgehead atoms. The summed E-state index contributed by atoms with van der Waals surface area (Å²) in [5.74, 6) is -0.848. The quantitative estimate of drug-likeness (QED) is 0.366. The van der Waals surface area contributed by atoms with Crippen molar-refractivity contribution in [2.75, 3.05) is 0 Å². The number of carbonyl (C=O) groups is 2. The zero-order chi connectivity index (χ0) is 14.6. The van der Waals surface area contributed by atoms with E-state index < -0.39 is 35.1 Å². The number of hydrogen-bond donors (Lipinski definition) is 3. The van der Waals surface area contributed by atoms with Crippen LogP contribution in [-0.4, -0.2) is 33.4 Å². The van der Waals surface area contributed by atoms with E-state index >= 15 is 0 Å². The lowest BCUT2D eigenvalue weighted by molar-refractivity contribution is -0.386. The Morgan fingerprint density at radius 1 is 1.47 bits per heavy atom. The fourth-order valence-electron chi connectivity index (χ4n) is 1.57. The van der Waals surface area contributed by atoms with Gasteiger partial charge in [-0.2, -0.15) is 0 Å². The first-order valence-electron chi connectivity index (χ1n) is 5.24. The molecule has 0 spiro atoms. The van der Waals surface area contributed by atoms with Gasteiger partial charge >= 0.3 is 0 Å². The largest absolute Gasteiger partial charge is 0.390 e. The second-order valence-electron chi connectivity index (χ2n) is 3.88. The van der Waals surface area contributed by atoms with Crippen molar-refractivity contribution in [3.63, 3.8) is 0 Å². The molecule has 0 aliphatic carbocycles. The molecule has 102 valence electrons. The second-order valence-corrected chi connectivity index (χ2v) is 3.88. The minimum Gasteiger partial charge on any atom is -0.390 e. The topological polar surface area (TPSA) is 144 Å². The van der Waals surface area contributed by atoms with Crippen LogP contribution in [0, 0.1) is 10.1 Å². The van der Waals surface area contributed by atoms with Gasteiger partial charge in [0.05, 0.1) is 23.0 Å². The van der Waals surface area contributed by atoms with Gasteiger partial charge in [-0.05, 0) is 6.07 Å². The Balaban J connectivity index is 3.14. The Hall–Kier alpha value is -2.32. The van der Waals surface area contributed by atoms with Gasteiger partial charge in [0.2, 0.25) is 5.91 Å². The first kappa shape index (κ1) is 14.7. The van der Waals surface area contributed by atoms with Crippen molar-refractivity contribution < 1.29 is 24.7 Å². The summed E-state index contributed by atoms with van der Waals surface area (Å²) in [5.41, 5.74) is 4.22. The zero-order valence-corrected chi connectivity index (χ0v) is 9.72. The predicted octanol–water partition coefficient (Wildman–Crippen LogP) is -0.323. The third-order valence-electron chi connectivity index (χ3n) is 2.48. The van der Waals surface area contributed by atoms with Crippen LogP contribution in [0.3, 0.4) is 0 Å². The number of nitro groups is 1. The minimum atomic E-state index is -1.64. The van der Waals surface area contributed by atoms with Crippen molar-refractivity contribution in [2.45, 2.75) is 18.6 Å². The summed E-state index contributed by atoms with van der Waals surface area (Å²) in [4.78, 5) is 31.2. The summed E-state index contributed by atoms with van der Waals surface area (Å²) < 4.78 is 0. The fourth-order valence-corrected chi connectivity index (χ4v) is 1.57. The third-order valence-corrected chi connectivity index (χ3v) is 2.48. The number of hydrogen-bond acceptors (Lipinski definition) is 6. The number of aldehydes is 1. The van der Waals surface area contributed by atoms with E-state index in [0.717, 1.165) is 12.1 Å². The van der Waals surface area contributed by atoms with Crippen molar-refractivity contribution in [3.8, 4) is 0 Å². The Morgan fingerprint density at radius 3 is 2.58 bits per heavy atom. The van der Waals surface area contributed by atoms with E-state index in [4.69, 9.17) is 5.73 Å². The maximum Gasteiger partial charge on any atom is 0.276 e. The van der Waals surface area contributed by atoms with Gasteiger partial charge in [-0.15, -0.1) is 0 Å². The van der Waals surface area contributed by atoms with Gasteiger partial charge in [0.15, 0.2) is 0 Å². The molecule has 0 radical (unpaired) electrons. The maximum atomic E-state index is 10.8. The fraction of sp³-hybridized carbons (Fsp3) is 0.273. The van der Waals surface area contributed by atoms with Crippen LogP contribution in [0.5, 0.6) is 0 Å². The highest BCUT2D eigenvalue weighted by molar-refractivity contribution is 5.77. The average Bonchev–Trinajstić information content (AvgIpc) is 2.36. The number of nitrogens with two attached hydrogens (primary N) is 1. The Bertz CT molecular complexity index is 516. The van der Waals surface area contributed by atoms with E-state index in [1.807, 2.05) is 0 Å². The van der Waals surface area contributed by atoms with Crippen LogP contribution >= 0.6 is 0 Å². The van der Waals surface area contributed by atoms with E-state index in [1.54, 1.807) is 0 Å². The summed E-state index contributed by atoms with van der Waals surface area (Å²) in [5, 5.41) is 30.2. The molecule has 0 aromatic heterocycles. The van der Waals surface area contributed by atoms with E-state index in [1.165, 1.54) is 6.07 Å². The first-order chi connectivity index (χ1) is 8.86. The lowest BCUT2D eigenvalue weighted by Crippen LogP contribution is -2.26. The highest BCUT2D eigenvalue weighted by Crippen LogP contribution is 2.28. The van der Waals surface area contributed by atoms with Gasteiger partial charge in [-0.3, -0.25) is 19.7 Å². The van der Waals surface area contributed by atoms with E-state index in [9.17, 15) is 29.9 Å². The molecule has 4 N–H and O–H groups in total. The zero-order valence-electron chi connectivity index (χ0n) is 9.72. The van der Waals surface area contributed by atoms with Gasteiger partial charge in [0.1, 0.15) is 12.4 Å². The predicted molar refractivity (Wildman–Crippen MR) is 63.3 cm³/mol. The molecule has 2 unspecified atom stereocenters. The Labute approximate surface area is 107 Å². The normalized spacial score (nSPS) is 13.6. The molecule has 19 heavy (non-hydrogen) atoms. The van der Waals surface area contributed by atoms with E-state index in [-0.39, 0.29) is 11.1 Å². The van der Waals surface area contributed by atoms with Gasteiger partial charge in [-0.1, -0.05) is 6.07 Å². The van der Waals surface area contributed by atoms with Crippen LogP contribution in [0.4, 0.5) is 5.69 Å². The molecule has 1 rings (SSSR count). The van der Waals surface area contributed by atoms with Crippen LogP contribution in [0.15, 0.2) is 18.2 Å². The molecule has 1 aromatic rings. The monoisotopic (exact) mass is 268 g/mol. The molecule has 1 aromatic carbocycles. The van der Waals surface area contributed by atoms with Gasteiger partial charge in [0.25, 0.3) is 5.69 Å². The number of nitro benzene ring substituents is 1. The number of aliphatic hydroxyl groups excluding tert-OH is 2. The molecule has 0 saturated heterocycles. The summed E-state index contributed by atoms with van der Waals surface area (Å²) >= 11 is 0. The number of rotatable bonds is 6. The molecule has 0 saturated carbocycles. The summed E-state index contributed by atoms with van der Waals surface area (Å²) in [6.45, 7) is 0. The van der Waals surface area contributed by atoms with Crippen molar-refractivity contribution in [1.29, 1.82) is 0 Å². The van der Waals surface area contributed by atoms with Crippen LogP contribution in [0.25, 0.3) is 0 Å². The molecule has 2 atom stereocenters. The Kier molecular flexibility index (Phi) is 4.67. The van der Waals surface area contributed by atoms with Crippen LogP contribution < -0.4 is 5.73 Å². The van der Waals surface area contributed by atoms with Crippen LogP contribution in [0.2, 0.25) is 0 Å². The highest BCUT2D eigenvalue weighted by atomic mass is 16.6. The minimum absolute atomic E-state index is 0.0621. The first-order valence-corrected chi connectivity index (χ1v) is 5.24. The van der Waals surface area contributed by atoms with Gasteiger partial charge in [-0.25, -0.2) is 0 Å². The average molecular weight is 268 g/mol. The number of amides is 1. The van der Waals surface area contributed by atoms with E-state index in [0.29, 0.717) is 6.29 Å². The standard InChI is InChI=1S/C11H12N2O6/c12-10(16)4-9(15)11(17)7-2-1-6(5-14)3-8(7)13(18)19/h1-3,5,9,11,15,17H,4H2,(H2,12,16). The number of nitrogens with zero attached hydrogens (tertiary/aromatic N) is 1. The van der Waals surface area contributed by atoms with Crippen LogP contribution in [0.1, 0.15) is 28.4 Å². The summed E-state index contributed by atoms with van der Waals surface area (Å²) in [6, 6.07) is 3.38. The molecule has 1 amide bonds. The molecule has 0 aliphatic rings. The maximum absolute atomic E-state index is 10.8. The molecular weight excluding hydrogens is 256 g/mol. The molecule has 8 nitrogen and oxygen atoms in total. The molecule has 0 fully saturated rings. The number of carbonyl (C=O) groups excluding carboxylic acids is 2. The highest BCUT2D eigenvalue weighted by Gasteiger charge is 2.27. The van der Waals surface area contributed by atoms with Gasteiger partial charge in [0, 0.05) is 11.6 Å². The van der Waals surface area contributed by atoms with E-state index in [2.05, 4.69) is 0 Å². The molecular formula is C11H12N2O6. The number of primary amides is 1. The van der Waals surface area contributed by atoms with Gasteiger partial charge < -0.3 is 15.9 Å². The lowest BCUT2D eigenvalue weighted by atomic mass is 9.99. The summed E-state index contributed by atoms with van der Waals surface area (Å²) in [7, 11) is 0. The Morgan fingerprint density at radius 2 is 2.11 bits per heavy atom. The summed E-state index contributed by atoms with van der Waals surface area (Å²) in [6.07, 6.45) is -3.32. The van der Waals surface area contributed by atoms with Crippen LogP contribution in [-0.2, 0) is 4.79 Å². The number of aliphatic hydroxyl groups is 2. The van der Waals surface area contributed by atoms with Crippen molar-refractivity contribution in [2.24, 2.45) is 5.73 Å². The molecule has 0 heterocycles. The number of benzene rings is 1. The third kappa shape index (κ3) is 3.57.